The predicted octanol–water partition coefficient (Wildman–Crippen LogP) is 5.91. The maximum absolute atomic E-state index is 13.8. The van der Waals surface area contributed by atoms with Gasteiger partial charge in [-0.2, -0.15) is 0 Å². The Hall–Kier alpha value is -2.81. The Labute approximate surface area is 216 Å². The van der Waals surface area contributed by atoms with Gasteiger partial charge >= 0.3 is 0 Å². The molecule has 1 amide bonds. The second-order valence-corrected chi connectivity index (χ2v) is 10.0. The van der Waals surface area contributed by atoms with E-state index in [1.165, 1.54) is 0 Å². The molecule has 5 rings (SSSR count). The number of nitrogens with one attached hydrogen (secondary N) is 2. The first kappa shape index (κ1) is 23.0. The van der Waals surface area contributed by atoms with Crippen molar-refractivity contribution < 1.29 is 14.3 Å². The number of fused-ring (bicyclic) bond motifs is 4. The van der Waals surface area contributed by atoms with Crippen LogP contribution in [0.3, 0.4) is 0 Å². The predicted molar refractivity (Wildman–Crippen MR) is 141 cm³/mol. The third-order valence-electron chi connectivity index (χ3n) is 6.18. The molecule has 2 bridgehead atoms. The highest BCUT2D eigenvalue weighted by atomic mass is 79.9. The van der Waals surface area contributed by atoms with Crippen LogP contribution in [0, 0.1) is 5.92 Å². The lowest BCUT2D eigenvalue weighted by Gasteiger charge is -2.56. The molecule has 3 atom stereocenters. The van der Waals surface area contributed by atoms with E-state index in [-0.39, 0.29) is 5.91 Å². The molecule has 1 saturated heterocycles. The fourth-order valence-electron chi connectivity index (χ4n) is 4.62. The monoisotopic (exact) mass is 557 g/mol. The smallest absolute Gasteiger partial charge is 0.236 e. The zero-order chi connectivity index (χ0) is 24.0. The molecule has 3 aromatic carbocycles. The lowest BCUT2D eigenvalue weighted by atomic mass is 9.78. The zero-order valence-electron chi connectivity index (χ0n) is 18.3. The second-order valence-electron chi connectivity index (χ2n) is 8.27. The van der Waals surface area contributed by atoms with Crippen LogP contribution < -0.4 is 25.0 Å². The summed E-state index contributed by atoms with van der Waals surface area (Å²) in [6, 6.07) is 19.9. The van der Waals surface area contributed by atoms with Crippen LogP contribution in [0.2, 0.25) is 5.02 Å². The first-order valence-corrected chi connectivity index (χ1v) is 12.2. The molecule has 2 aliphatic heterocycles. The number of carbonyl (C=O) groups is 1. The zero-order valence-corrected chi connectivity index (χ0v) is 21.5. The summed E-state index contributed by atoms with van der Waals surface area (Å²) in [5, 5.41) is 7.49. The van der Waals surface area contributed by atoms with Gasteiger partial charge in [-0.05, 0) is 85.9 Å². The number of anilines is 2. The average molecular weight is 559 g/mol. The molecule has 0 aromatic heterocycles. The molecule has 2 aliphatic rings. The molecule has 9 heteroatoms. The maximum atomic E-state index is 13.8. The highest BCUT2D eigenvalue weighted by Gasteiger charge is 2.59. The van der Waals surface area contributed by atoms with Crippen molar-refractivity contribution in [2.24, 2.45) is 5.92 Å². The van der Waals surface area contributed by atoms with Gasteiger partial charge in [-0.15, -0.1) is 0 Å². The summed E-state index contributed by atoms with van der Waals surface area (Å²) < 4.78 is 13.0. The van der Waals surface area contributed by atoms with Crippen molar-refractivity contribution in [1.82, 2.24) is 5.32 Å². The number of carbonyl (C=O) groups excluding carboxylic acids is 1. The average Bonchev–Trinajstić information content (AvgIpc) is 2.81. The van der Waals surface area contributed by atoms with Gasteiger partial charge in [-0.1, -0.05) is 27.5 Å². The summed E-state index contributed by atoms with van der Waals surface area (Å²) in [7, 11) is 1.61. The number of halogens is 2. The largest absolute Gasteiger partial charge is 0.497 e. The Morgan fingerprint density at radius 3 is 2.56 bits per heavy atom. The lowest BCUT2D eigenvalue weighted by molar-refractivity contribution is -0.130. The Morgan fingerprint density at radius 2 is 1.88 bits per heavy atom. The fourth-order valence-corrected chi connectivity index (χ4v) is 5.42. The SMILES string of the molecule is COc1ccc2c(c1)[C@H]1NC(=S)N(c3ccc(Br)cc3)[C@](C)(O2)[C@@H]1C(=O)Nc1ccc(Cl)cc1. The molecule has 0 saturated carbocycles. The van der Waals surface area contributed by atoms with Crippen molar-refractivity contribution in [2.45, 2.75) is 18.7 Å². The fraction of sp³-hybridized carbons (Fsp3) is 0.200. The molecule has 2 N–H and O–H groups in total. The maximum Gasteiger partial charge on any atom is 0.236 e. The number of methoxy groups -OCH3 is 1. The molecule has 1 fully saturated rings. The molecule has 3 aromatic rings. The molecular formula is C25H21BrClN3O3S. The first-order chi connectivity index (χ1) is 16.3. The highest BCUT2D eigenvalue weighted by molar-refractivity contribution is 9.10. The summed E-state index contributed by atoms with van der Waals surface area (Å²) >= 11 is 15.3. The van der Waals surface area contributed by atoms with Crippen molar-refractivity contribution in [3.63, 3.8) is 0 Å². The molecule has 6 nitrogen and oxygen atoms in total. The van der Waals surface area contributed by atoms with Crippen LogP contribution >= 0.6 is 39.7 Å². The summed E-state index contributed by atoms with van der Waals surface area (Å²) in [4.78, 5) is 15.7. The van der Waals surface area contributed by atoms with E-state index >= 15 is 0 Å². The Kier molecular flexibility index (Phi) is 5.91. The van der Waals surface area contributed by atoms with Crippen molar-refractivity contribution >= 4 is 62.1 Å². The van der Waals surface area contributed by atoms with Gasteiger partial charge in [-0.3, -0.25) is 9.69 Å². The van der Waals surface area contributed by atoms with Crippen molar-refractivity contribution in [1.29, 1.82) is 0 Å². The van der Waals surface area contributed by atoms with E-state index < -0.39 is 17.7 Å². The highest BCUT2D eigenvalue weighted by Crippen LogP contribution is 2.50. The van der Waals surface area contributed by atoms with Gasteiger partial charge in [0.1, 0.15) is 17.4 Å². The van der Waals surface area contributed by atoms with Gasteiger partial charge in [0, 0.05) is 26.4 Å². The van der Waals surface area contributed by atoms with Gasteiger partial charge in [-0.25, -0.2) is 0 Å². The number of benzene rings is 3. The second kappa shape index (κ2) is 8.76. The van der Waals surface area contributed by atoms with E-state index in [1.54, 1.807) is 31.4 Å². The van der Waals surface area contributed by atoms with Gasteiger partial charge in [0.05, 0.1) is 13.2 Å². The van der Waals surface area contributed by atoms with Gasteiger partial charge < -0.3 is 20.1 Å². The minimum Gasteiger partial charge on any atom is -0.497 e. The number of thiocarbonyl (C=S) groups is 1. The van der Waals surface area contributed by atoms with Crippen molar-refractivity contribution in [2.75, 3.05) is 17.3 Å². The summed E-state index contributed by atoms with van der Waals surface area (Å²) in [5.74, 6) is 0.477. The van der Waals surface area contributed by atoms with Crippen molar-refractivity contribution in [3.05, 3.63) is 81.8 Å². The minimum absolute atomic E-state index is 0.208. The topological polar surface area (TPSA) is 62.8 Å². The summed E-state index contributed by atoms with van der Waals surface area (Å²) in [6.45, 7) is 1.90. The van der Waals surface area contributed by atoms with Crippen LogP contribution in [0.25, 0.3) is 0 Å². The lowest BCUT2D eigenvalue weighted by Crippen LogP contribution is -2.72. The van der Waals surface area contributed by atoms with E-state index in [1.807, 2.05) is 54.3 Å². The quantitative estimate of drug-likeness (QED) is 0.388. The van der Waals surface area contributed by atoms with E-state index in [0.29, 0.717) is 27.3 Å². The Bertz CT molecular complexity index is 1270. The molecule has 174 valence electrons. The van der Waals surface area contributed by atoms with E-state index in [0.717, 1.165) is 15.7 Å². The number of ether oxygens (including phenoxy) is 2. The number of nitrogens with zero attached hydrogens (tertiary/aromatic N) is 1. The third kappa shape index (κ3) is 3.89. The van der Waals surface area contributed by atoms with Crippen LogP contribution in [0.5, 0.6) is 11.5 Å². The van der Waals surface area contributed by atoms with Gasteiger partial charge in [0.15, 0.2) is 10.8 Å². The number of hydrogen-bond acceptors (Lipinski definition) is 4. The number of amides is 1. The minimum atomic E-state index is -1.10. The Morgan fingerprint density at radius 1 is 1.18 bits per heavy atom. The molecule has 0 unspecified atom stereocenters. The number of hydrogen-bond donors (Lipinski definition) is 2. The molecule has 0 aliphatic carbocycles. The van der Waals surface area contributed by atoms with E-state index in [9.17, 15) is 4.79 Å². The van der Waals surface area contributed by atoms with Gasteiger partial charge in [0.2, 0.25) is 5.91 Å². The first-order valence-electron chi connectivity index (χ1n) is 10.6. The van der Waals surface area contributed by atoms with Crippen LogP contribution in [0.15, 0.2) is 71.2 Å². The van der Waals surface area contributed by atoms with E-state index in [2.05, 4.69) is 26.6 Å². The van der Waals surface area contributed by atoms with Crippen LogP contribution in [-0.2, 0) is 4.79 Å². The van der Waals surface area contributed by atoms with Crippen LogP contribution in [0.1, 0.15) is 18.5 Å². The normalized spacial score (nSPS) is 22.8. The Balaban J connectivity index is 1.62. The summed E-state index contributed by atoms with van der Waals surface area (Å²) in [6.07, 6.45) is 0. The van der Waals surface area contributed by atoms with Crippen LogP contribution in [0.4, 0.5) is 11.4 Å². The number of rotatable bonds is 4. The van der Waals surface area contributed by atoms with E-state index in [4.69, 9.17) is 33.3 Å². The standard InChI is InChI=1S/C25H21BrClN3O3S/c1-25-21(23(31)28-16-7-5-15(27)6-8-16)22(19-13-18(32-2)11-12-20(19)33-25)29-24(34)30(25)17-9-3-14(26)4-10-17/h3-13,21-22H,1-2H3,(H,28,31)(H,29,34)/t21-,22+,25+/m0/s1. The molecular weight excluding hydrogens is 538 g/mol. The third-order valence-corrected chi connectivity index (χ3v) is 7.27. The molecule has 2 heterocycles. The van der Waals surface area contributed by atoms with Gasteiger partial charge in [0.25, 0.3) is 0 Å². The molecule has 0 radical (unpaired) electrons. The molecule has 0 spiro atoms. The summed E-state index contributed by atoms with van der Waals surface area (Å²) in [5.41, 5.74) is 1.16. The van der Waals surface area contributed by atoms with Crippen molar-refractivity contribution in [3.8, 4) is 11.5 Å². The van der Waals surface area contributed by atoms with Crippen LogP contribution in [-0.4, -0.2) is 23.9 Å². The molecule has 34 heavy (non-hydrogen) atoms.